The second kappa shape index (κ2) is 9.92. The second-order valence-corrected chi connectivity index (χ2v) is 8.48. The summed E-state index contributed by atoms with van der Waals surface area (Å²) in [5.74, 6) is -0.795. The lowest BCUT2D eigenvalue weighted by atomic mass is 9.79. The van der Waals surface area contributed by atoms with E-state index in [4.69, 9.17) is 5.11 Å². The smallest absolute Gasteiger partial charge is 0.317 e. The molecule has 28 heavy (non-hydrogen) atoms. The van der Waals surface area contributed by atoms with E-state index < -0.39 is 5.97 Å². The molecule has 1 aliphatic heterocycles. The predicted octanol–water partition coefficient (Wildman–Crippen LogP) is 3.32. The number of piperidine rings is 1. The van der Waals surface area contributed by atoms with E-state index in [0.717, 1.165) is 25.8 Å². The Balaban J connectivity index is 1.83. The van der Waals surface area contributed by atoms with Gasteiger partial charge in [-0.25, -0.2) is 4.79 Å². The van der Waals surface area contributed by atoms with Gasteiger partial charge >= 0.3 is 12.0 Å². The number of nitrogens with zero attached hydrogens (tertiary/aromatic N) is 2. The molecule has 0 radical (unpaired) electrons. The number of carbonyl (C=O) groups excluding carboxylic acids is 1. The molecular formula is C22H35N3O3. The number of aliphatic carboxylic acids is 1. The molecule has 1 unspecified atom stereocenters. The monoisotopic (exact) mass is 389 g/mol. The molecule has 6 nitrogen and oxygen atoms in total. The molecule has 6 heteroatoms. The van der Waals surface area contributed by atoms with Crippen molar-refractivity contribution < 1.29 is 14.7 Å². The average molecular weight is 390 g/mol. The minimum atomic E-state index is -0.795. The molecule has 2 N–H and O–H groups in total. The van der Waals surface area contributed by atoms with Crippen molar-refractivity contribution in [3.05, 3.63) is 35.9 Å². The molecule has 1 aliphatic rings. The summed E-state index contributed by atoms with van der Waals surface area (Å²) in [6, 6.07) is 10.7. The Morgan fingerprint density at radius 1 is 1.25 bits per heavy atom. The number of nitrogens with one attached hydrogen (secondary N) is 1. The zero-order chi connectivity index (χ0) is 20.7. The van der Waals surface area contributed by atoms with Crippen LogP contribution in [0.5, 0.6) is 0 Å². The van der Waals surface area contributed by atoms with Crippen LogP contribution in [0, 0.1) is 0 Å². The maximum absolute atomic E-state index is 12.7. The number of hydrogen-bond acceptors (Lipinski definition) is 3. The van der Waals surface area contributed by atoms with E-state index in [1.54, 1.807) is 0 Å². The minimum Gasteiger partial charge on any atom is -0.480 e. The van der Waals surface area contributed by atoms with Crippen LogP contribution in [-0.2, 0) is 10.2 Å². The summed E-state index contributed by atoms with van der Waals surface area (Å²) in [4.78, 5) is 27.5. The normalized spacial score (nSPS) is 16.8. The second-order valence-electron chi connectivity index (χ2n) is 8.48. The molecule has 1 saturated heterocycles. The number of likely N-dealkylation sites (N-methyl/N-ethyl adjacent to an activating group) is 1. The van der Waals surface area contributed by atoms with Gasteiger partial charge in [-0.05, 0) is 43.7 Å². The highest BCUT2D eigenvalue weighted by atomic mass is 16.4. The highest BCUT2D eigenvalue weighted by molar-refractivity contribution is 5.74. The van der Waals surface area contributed by atoms with Crippen LogP contribution in [0.1, 0.15) is 52.5 Å². The van der Waals surface area contributed by atoms with Crippen LogP contribution < -0.4 is 5.32 Å². The van der Waals surface area contributed by atoms with E-state index in [1.165, 1.54) is 5.56 Å². The summed E-state index contributed by atoms with van der Waals surface area (Å²) in [5, 5.41) is 12.2. The maximum Gasteiger partial charge on any atom is 0.317 e. The zero-order valence-corrected chi connectivity index (χ0v) is 17.6. The van der Waals surface area contributed by atoms with Gasteiger partial charge in [-0.15, -0.1) is 0 Å². The third-order valence-corrected chi connectivity index (χ3v) is 5.75. The molecule has 1 fully saturated rings. The predicted molar refractivity (Wildman–Crippen MR) is 112 cm³/mol. The van der Waals surface area contributed by atoms with E-state index >= 15 is 0 Å². The Hall–Kier alpha value is -2.08. The van der Waals surface area contributed by atoms with Crippen LogP contribution >= 0.6 is 0 Å². The highest BCUT2D eigenvalue weighted by Gasteiger charge is 2.29. The molecule has 156 valence electrons. The molecule has 1 aromatic carbocycles. The summed E-state index contributed by atoms with van der Waals surface area (Å²) in [6.45, 7) is 10.6. The van der Waals surface area contributed by atoms with Gasteiger partial charge in [-0.1, -0.05) is 51.1 Å². The molecule has 2 amide bonds. The van der Waals surface area contributed by atoms with Crippen LogP contribution in [0.4, 0.5) is 4.79 Å². The van der Waals surface area contributed by atoms with E-state index in [-0.39, 0.29) is 30.1 Å². The molecule has 0 aliphatic carbocycles. The Morgan fingerprint density at radius 2 is 1.86 bits per heavy atom. The van der Waals surface area contributed by atoms with Gasteiger partial charge in [0.25, 0.3) is 0 Å². The lowest BCUT2D eigenvalue weighted by molar-refractivity contribution is -0.139. The van der Waals surface area contributed by atoms with Gasteiger partial charge in [0.05, 0.1) is 6.54 Å². The van der Waals surface area contributed by atoms with Gasteiger partial charge in [0.1, 0.15) is 0 Å². The van der Waals surface area contributed by atoms with Gasteiger partial charge in [-0.2, -0.15) is 0 Å². The average Bonchev–Trinajstić information content (AvgIpc) is 2.66. The first-order valence-corrected chi connectivity index (χ1v) is 10.3. The Labute approximate surface area is 168 Å². The van der Waals surface area contributed by atoms with Crippen molar-refractivity contribution in [1.82, 2.24) is 15.1 Å². The SMILES string of the molecule is CCN(CC(=O)O)C1CCN(C(=O)NC(C)CC(C)(C)c2ccccc2)CC1. The number of rotatable bonds is 8. The van der Waals surface area contributed by atoms with Crippen LogP contribution in [0.2, 0.25) is 0 Å². The molecule has 0 saturated carbocycles. The largest absolute Gasteiger partial charge is 0.480 e. The molecule has 2 rings (SSSR count). The molecule has 1 heterocycles. The van der Waals surface area contributed by atoms with Crippen molar-refractivity contribution in [2.24, 2.45) is 0 Å². The van der Waals surface area contributed by atoms with Crippen molar-refractivity contribution in [2.45, 2.75) is 64.5 Å². The number of urea groups is 1. The number of amides is 2. The summed E-state index contributed by atoms with van der Waals surface area (Å²) >= 11 is 0. The number of carboxylic acid groups (broad SMARTS) is 1. The van der Waals surface area contributed by atoms with E-state index in [2.05, 4.69) is 50.4 Å². The Morgan fingerprint density at radius 3 is 2.39 bits per heavy atom. The highest BCUT2D eigenvalue weighted by Crippen LogP contribution is 2.28. The molecular weight excluding hydrogens is 354 g/mol. The van der Waals surface area contributed by atoms with Gasteiger partial charge in [0, 0.05) is 25.2 Å². The fourth-order valence-electron chi connectivity index (χ4n) is 4.23. The molecule has 0 spiro atoms. The summed E-state index contributed by atoms with van der Waals surface area (Å²) in [5.41, 5.74) is 1.26. The van der Waals surface area contributed by atoms with Gasteiger partial charge < -0.3 is 15.3 Å². The number of benzene rings is 1. The third-order valence-electron chi connectivity index (χ3n) is 5.75. The van der Waals surface area contributed by atoms with E-state index in [0.29, 0.717) is 13.1 Å². The fraction of sp³-hybridized carbons (Fsp3) is 0.636. The van der Waals surface area contributed by atoms with Crippen molar-refractivity contribution in [1.29, 1.82) is 0 Å². The first kappa shape index (κ1) is 22.2. The van der Waals surface area contributed by atoms with Crippen LogP contribution in [0.3, 0.4) is 0 Å². The maximum atomic E-state index is 12.7. The molecule has 0 bridgehead atoms. The van der Waals surface area contributed by atoms with Crippen molar-refractivity contribution in [3.63, 3.8) is 0 Å². The van der Waals surface area contributed by atoms with Crippen molar-refractivity contribution >= 4 is 12.0 Å². The number of likely N-dealkylation sites (tertiary alicyclic amines) is 1. The molecule has 0 aromatic heterocycles. The quantitative estimate of drug-likeness (QED) is 0.715. The van der Waals surface area contributed by atoms with Gasteiger partial charge in [0.2, 0.25) is 0 Å². The first-order valence-electron chi connectivity index (χ1n) is 10.3. The zero-order valence-electron chi connectivity index (χ0n) is 17.6. The van der Waals surface area contributed by atoms with E-state index in [1.807, 2.05) is 22.8 Å². The minimum absolute atomic E-state index is 0.0145. The lowest BCUT2D eigenvalue weighted by Gasteiger charge is -2.38. The number of hydrogen-bond donors (Lipinski definition) is 2. The van der Waals surface area contributed by atoms with Gasteiger partial charge in [0.15, 0.2) is 0 Å². The Bertz CT molecular complexity index is 640. The third kappa shape index (κ3) is 6.23. The summed E-state index contributed by atoms with van der Waals surface area (Å²) in [6.07, 6.45) is 2.50. The number of carboxylic acids is 1. The fourth-order valence-corrected chi connectivity index (χ4v) is 4.23. The van der Waals surface area contributed by atoms with Crippen molar-refractivity contribution in [2.75, 3.05) is 26.2 Å². The molecule has 1 atom stereocenters. The van der Waals surface area contributed by atoms with Crippen LogP contribution in [0.15, 0.2) is 30.3 Å². The summed E-state index contributed by atoms with van der Waals surface area (Å²) < 4.78 is 0. The topological polar surface area (TPSA) is 72.9 Å². The first-order chi connectivity index (χ1) is 13.2. The standard InChI is InChI=1S/C22H35N3O3/c1-5-24(16-20(26)27)19-11-13-25(14-12-19)21(28)23-17(2)15-22(3,4)18-9-7-6-8-10-18/h6-10,17,19H,5,11-16H2,1-4H3,(H,23,28)(H,26,27). The van der Waals surface area contributed by atoms with Crippen LogP contribution in [0.25, 0.3) is 0 Å². The Kier molecular flexibility index (Phi) is 7.87. The lowest BCUT2D eigenvalue weighted by Crippen LogP contribution is -2.52. The van der Waals surface area contributed by atoms with Crippen molar-refractivity contribution in [3.8, 4) is 0 Å². The van der Waals surface area contributed by atoms with Crippen LogP contribution in [-0.4, -0.2) is 65.2 Å². The van der Waals surface area contributed by atoms with Gasteiger partial charge in [-0.3, -0.25) is 9.69 Å². The summed E-state index contributed by atoms with van der Waals surface area (Å²) in [7, 11) is 0. The van der Waals surface area contributed by atoms with E-state index in [9.17, 15) is 9.59 Å². The number of carbonyl (C=O) groups is 2. The molecule has 1 aromatic rings.